The Morgan fingerprint density at radius 1 is 1.13 bits per heavy atom. The molecule has 1 saturated heterocycles. The van der Waals surface area contributed by atoms with E-state index in [1.165, 1.54) is 11.1 Å². The van der Waals surface area contributed by atoms with Crippen molar-refractivity contribution >= 4 is 5.82 Å². The smallest absolute Gasteiger partial charge is 0.161 e. The zero-order valence-corrected chi connectivity index (χ0v) is 18.9. The van der Waals surface area contributed by atoms with Crippen molar-refractivity contribution in [3.05, 3.63) is 65.6 Å². The average molecular weight is 418 g/mol. The van der Waals surface area contributed by atoms with Gasteiger partial charge in [-0.1, -0.05) is 18.2 Å². The number of aryl methyl sites for hydroxylation is 1. The van der Waals surface area contributed by atoms with Gasteiger partial charge in [0, 0.05) is 62.7 Å². The van der Waals surface area contributed by atoms with E-state index in [9.17, 15) is 0 Å². The van der Waals surface area contributed by atoms with Gasteiger partial charge in [-0.25, -0.2) is 9.97 Å². The number of rotatable bonds is 6. The molecule has 3 heterocycles. The molecule has 2 aromatic heterocycles. The Bertz CT molecular complexity index is 1020. The van der Waals surface area contributed by atoms with Gasteiger partial charge in [0.15, 0.2) is 5.82 Å². The molecule has 6 heteroatoms. The Balaban J connectivity index is 1.59. The van der Waals surface area contributed by atoms with Crippen LogP contribution in [0.15, 0.2) is 48.8 Å². The second kappa shape index (κ2) is 9.43. The summed E-state index contributed by atoms with van der Waals surface area (Å²) < 4.78 is 5.68. The summed E-state index contributed by atoms with van der Waals surface area (Å²) in [7, 11) is 5.81. The Morgan fingerprint density at radius 2 is 1.94 bits per heavy atom. The number of piperidine rings is 1. The van der Waals surface area contributed by atoms with Gasteiger partial charge in [0.05, 0.1) is 12.8 Å². The minimum absolute atomic E-state index is 0.381. The number of methoxy groups -OCH3 is 1. The van der Waals surface area contributed by atoms with Crippen LogP contribution in [-0.2, 0) is 6.54 Å². The average Bonchev–Trinajstić information content (AvgIpc) is 2.80. The first-order chi connectivity index (χ1) is 15.0. The molecule has 3 aromatic rings. The summed E-state index contributed by atoms with van der Waals surface area (Å²) in [5.41, 5.74) is 4.54. The fourth-order valence-corrected chi connectivity index (χ4v) is 4.33. The maximum Gasteiger partial charge on any atom is 0.161 e. The molecule has 0 amide bonds. The highest BCUT2D eigenvalue weighted by atomic mass is 16.5. The van der Waals surface area contributed by atoms with Gasteiger partial charge in [-0.05, 0) is 44.0 Å². The summed E-state index contributed by atoms with van der Waals surface area (Å²) in [6.45, 7) is 5.07. The largest absolute Gasteiger partial charge is 0.496 e. The van der Waals surface area contributed by atoms with E-state index in [1.54, 1.807) is 19.5 Å². The Labute approximate surface area is 184 Å². The standard InChI is InChI=1S/C25H31N5O/c1-18-7-5-8-21(24(18)31-4)17-30-14-6-9-20(16-30)22-15-23(29(2)3)28-25(27-22)19-10-12-26-13-11-19/h5,7-8,10-13,15,20H,6,9,14,16-17H2,1-4H3/t20-/m1/s1. The third-order valence-electron chi connectivity index (χ3n) is 5.94. The van der Waals surface area contributed by atoms with Crippen molar-refractivity contribution in [1.82, 2.24) is 19.9 Å². The van der Waals surface area contributed by atoms with Gasteiger partial charge in [-0.15, -0.1) is 0 Å². The van der Waals surface area contributed by atoms with Gasteiger partial charge in [-0.2, -0.15) is 0 Å². The molecule has 1 atom stereocenters. The second-order valence-corrected chi connectivity index (χ2v) is 8.45. The maximum atomic E-state index is 5.68. The van der Waals surface area contributed by atoms with Crippen LogP contribution in [-0.4, -0.2) is 54.1 Å². The fraction of sp³-hybridized carbons (Fsp3) is 0.400. The lowest BCUT2D eigenvalue weighted by Crippen LogP contribution is -2.34. The van der Waals surface area contributed by atoms with Crippen LogP contribution in [0, 0.1) is 6.92 Å². The molecule has 0 unspecified atom stereocenters. The van der Waals surface area contributed by atoms with Gasteiger partial charge in [-0.3, -0.25) is 9.88 Å². The lowest BCUT2D eigenvalue weighted by Gasteiger charge is -2.33. The molecular weight excluding hydrogens is 386 g/mol. The van der Waals surface area contributed by atoms with Crippen LogP contribution in [0.5, 0.6) is 5.75 Å². The van der Waals surface area contributed by atoms with E-state index in [0.29, 0.717) is 5.92 Å². The molecule has 1 aromatic carbocycles. The third kappa shape index (κ3) is 4.85. The summed E-state index contributed by atoms with van der Waals surface area (Å²) in [5.74, 6) is 3.09. The summed E-state index contributed by atoms with van der Waals surface area (Å²) in [6.07, 6.45) is 5.88. The Hall–Kier alpha value is -2.99. The highest BCUT2D eigenvalue weighted by molar-refractivity contribution is 5.57. The van der Waals surface area contributed by atoms with Crippen molar-refractivity contribution in [2.45, 2.75) is 32.2 Å². The van der Waals surface area contributed by atoms with Gasteiger partial charge in [0.1, 0.15) is 11.6 Å². The van der Waals surface area contributed by atoms with E-state index in [-0.39, 0.29) is 0 Å². The molecule has 1 aliphatic rings. The maximum absolute atomic E-state index is 5.68. The second-order valence-electron chi connectivity index (χ2n) is 8.45. The van der Waals surface area contributed by atoms with Crippen molar-refractivity contribution in [3.8, 4) is 17.1 Å². The van der Waals surface area contributed by atoms with Crippen LogP contribution in [0.2, 0.25) is 0 Å². The van der Waals surface area contributed by atoms with Crippen molar-refractivity contribution in [2.75, 3.05) is 39.2 Å². The Kier molecular flexibility index (Phi) is 6.47. The van der Waals surface area contributed by atoms with Crippen LogP contribution < -0.4 is 9.64 Å². The molecule has 0 saturated carbocycles. The lowest BCUT2D eigenvalue weighted by atomic mass is 9.93. The number of para-hydroxylation sites is 1. The minimum atomic E-state index is 0.381. The van der Waals surface area contributed by atoms with Gasteiger partial charge < -0.3 is 9.64 Å². The molecule has 31 heavy (non-hydrogen) atoms. The van der Waals surface area contributed by atoms with Crippen LogP contribution >= 0.6 is 0 Å². The first-order valence-electron chi connectivity index (χ1n) is 10.9. The molecule has 0 aliphatic carbocycles. The number of nitrogens with zero attached hydrogens (tertiary/aromatic N) is 5. The lowest BCUT2D eigenvalue weighted by molar-refractivity contribution is 0.196. The third-order valence-corrected chi connectivity index (χ3v) is 5.94. The molecule has 6 nitrogen and oxygen atoms in total. The SMILES string of the molecule is COc1c(C)cccc1CN1CCC[C@@H](c2cc(N(C)C)nc(-c3ccncc3)n2)C1. The highest BCUT2D eigenvalue weighted by Crippen LogP contribution is 2.31. The number of hydrogen-bond acceptors (Lipinski definition) is 6. The molecule has 162 valence electrons. The van der Waals surface area contributed by atoms with Crippen molar-refractivity contribution < 1.29 is 4.74 Å². The summed E-state index contributed by atoms with van der Waals surface area (Å²) in [4.78, 5) is 18.5. The quantitative estimate of drug-likeness (QED) is 0.596. The zero-order valence-electron chi connectivity index (χ0n) is 18.9. The number of anilines is 1. The number of ether oxygens (including phenoxy) is 1. The van der Waals surface area contributed by atoms with E-state index in [2.05, 4.69) is 41.1 Å². The van der Waals surface area contributed by atoms with E-state index < -0.39 is 0 Å². The number of aromatic nitrogens is 3. The number of benzene rings is 1. The number of pyridine rings is 1. The topological polar surface area (TPSA) is 54.4 Å². The fourth-order valence-electron chi connectivity index (χ4n) is 4.33. The van der Waals surface area contributed by atoms with Crippen LogP contribution in [0.3, 0.4) is 0 Å². The molecule has 0 bridgehead atoms. The zero-order chi connectivity index (χ0) is 21.8. The molecule has 1 aliphatic heterocycles. The van der Waals surface area contributed by atoms with Crippen molar-refractivity contribution in [2.24, 2.45) is 0 Å². The Morgan fingerprint density at radius 3 is 2.68 bits per heavy atom. The molecular formula is C25H31N5O. The first kappa shape index (κ1) is 21.2. The molecule has 4 rings (SSSR count). The van der Waals surface area contributed by atoms with Gasteiger partial charge in [0.2, 0.25) is 0 Å². The van der Waals surface area contributed by atoms with E-state index >= 15 is 0 Å². The molecule has 0 spiro atoms. The monoisotopic (exact) mass is 417 g/mol. The summed E-state index contributed by atoms with van der Waals surface area (Å²) >= 11 is 0. The first-order valence-corrected chi connectivity index (χ1v) is 10.9. The predicted octanol–water partition coefficient (Wildman–Crippen LogP) is 4.30. The van der Waals surface area contributed by atoms with E-state index in [1.807, 2.05) is 31.1 Å². The molecule has 1 fully saturated rings. The van der Waals surface area contributed by atoms with E-state index in [0.717, 1.165) is 61.1 Å². The number of hydrogen-bond donors (Lipinski definition) is 0. The van der Waals surface area contributed by atoms with Gasteiger partial charge in [0.25, 0.3) is 0 Å². The van der Waals surface area contributed by atoms with Crippen LogP contribution in [0.25, 0.3) is 11.4 Å². The molecule has 0 N–H and O–H groups in total. The summed E-state index contributed by atoms with van der Waals surface area (Å²) in [6, 6.07) is 12.5. The normalized spacial score (nSPS) is 16.8. The van der Waals surface area contributed by atoms with Crippen LogP contribution in [0.1, 0.15) is 35.6 Å². The highest BCUT2D eigenvalue weighted by Gasteiger charge is 2.25. The van der Waals surface area contributed by atoms with Gasteiger partial charge >= 0.3 is 0 Å². The van der Waals surface area contributed by atoms with E-state index in [4.69, 9.17) is 14.7 Å². The van der Waals surface area contributed by atoms with Crippen molar-refractivity contribution in [3.63, 3.8) is 0 Å². The summed E-state index contributed by atoms with van der Waals surface area (Å²) in [5, 5.41) is 0. The van der Waals surface area contributed by atoms with Crippen LogP contribution in [0.4, 0.5) is 5.82 Å². The predicted molar refractivity (Wildman–Crippen MR) is 125 cm³/mol. The minimum Gasteiger partial charge on any atom is -0.496 e. The molecule has 0 radical (unpaired) electrons. The van der Waals surface area contributed by atoms with Crippen molar-refractivity contribution in [1.29, 1.82) is 0 Å². The number of likely N-dealkylation sites (tertiary alicyclic amines) is 1.